The molecule has 0 radical (unpaired) electrons. The van der Waals surface area contributed by atoms with E-state index in [1.807, 2.05) is 47.5 Å². The molecule has 198 valence electrons. The van der Waals surface area contributed by atoms with Crippen LogP contribution < -0.4 is 0 Å². The Kier molecular flexibility index (Phi) is 9.35. The number of sulfonamides is 1. The predicted octanol–water partition coefficient (Wildman–Crippen LogP) is 6.22. The predicted molar refractivity (Wildman–Crippen MR) is 148 cm³/mol. The first-order valence-corrected chi connectivity index (χ1v) is 14.9. The minimum atomic E-state index is -3.84. The van der Waals surface area contributed by atoms with Gasteiger partial charge in [-0.15, -0.1) is 0 Å². The second-order valence-electron chi connectivity index (χ2n) is 9.42. The number of rotatable bonds is 10. The van der Waals surface area contributed by atoms with E-state index in [9.17, 15) is 13.2 Å². The molecule has 0 atom stereocenters. The molecule has 6 nitrogen and oxygen atoms in total. The summed E-state index contributed by atoms with van der Waals surface area (Å²) in [7, 11) is -3.84. The fourth-order valence-corrected chi connectivity index (χ4v) is 6.63. The number of hydrogen-bond donors (Lipinski definition) is 0. The van der Waals surface area contributed by atoms with Crippen molar-refractivity contribution in [3.8, 4) is 0 Å². The lowest BCUT2D eigenvalue weighted by Crippen LogP contribution is -2.47. The molecule has 0 aliphatic heterocycles. The third-order valence-corrected chi connectivity index (χ3v) is 9.56. The largest absolute Gasteiger partial charge is 0.345 e. The number of hydrogen-bond acceptors (Lipinski definition) is 3. The van der Waals surface area contributed by atoms with Gasteiger partial charge in [0, 0.05) is 41.1 Å². The Morgan fingerprint density at radius 3 is 2.35 bits per heavy atom. The fourth-order valence-electron chi connectivity index (χ4n) is 4.91. The summed E-state index contributed by atoms with van der Waals surface area (Å²) in [5.74, 6) is -0.184. The number of carbonyl (C=O) groups is 1. The number of aromatic nitrogens is 1. The van der Waals surface area contributed by atoms with Gasteiger partial charge in [-0.2, -0.15) is 4.31 Å². The maximum absolute atomic E-state index is 13.8. The molecule has 1 saturated carbocycles. The molecular formula is C28H33Cl2N3O3S. The summed E-state index contributed by atoms with van der Waals surface area (Å²) in [6, 6.07) is 17.9. The molecular weight excluding hydrogens is 529 g/mol. The van der Waals surface area contributed by atoms with Crippen LogP contribution >= 0.6 is 23.2 Å². The van der Waals surface area contributed by atoms with Crippen molar-refractivity contribution in [3.63, 3.8) is 0 Å². The Hall–Kier alpha value is -2.32. The molecule has 0 spiro atoms. The van der Waals surface area contributed by atoms with Gasteiger partial charge in [0.1, 0.15) is 0 Å². The van der Waals surface area contributed by atoms with Crippen LogP contribution in [0.1, 0.15) is 50.3 Å². The molecule has 4 rings (SSSR count). The zero-order chi connectivity index (χ0) is 26.4. The van der Waals surface area contributed by atoms with E-state index in [0.29, 0.717) is 23.1 Å². The number of carbonyl (C=O) groups excluding carboxylic acids is 1. The molecule has 0 saturated heterocycles. The van der Waals surface area contributed by atoms with Gasteiger partial charge in [-0.25, -0.2) is 8.42 Å². The highest BCUT2D eigenvalue weighted by Gasteiger charge is 2.31. The first kappa shape index (κ1) is 27.7. The van der Waals surface area contributed by atoms with Gasteiger partial charge in [-0.3, -0.25) is 4.79 Å². The maximum atomic E-state index is 13.8. The van der Waals surface area contributed by atoms with Crippen molar-refractivity contribution < 1.29 is 13.2 Å². The molecule has 0 bridgehead atoms. The molecule has 1 fully saturated rings. The van der Waals surface area contributed by atoms with E-state index < -0.39 is 10.0 Å². The van der Waals surface area contributed by atoms with Gasteiger partial charge >= 0.3 is 0 Å². The number of likely N-dealkylation sites (N-methyl/N-ethyl adjacent to an activating group) is 1. The van der Waals surface area contributed by atoms with Gasteiger partial charge in [0.05, 0.1) is 18.0 Å². The third-order valence-electron chi connectivity index (χ3n) is 7.01. The number of benzene rings is 2. The van der Waals surface area contributed by atoms with E-state index in [1.165, 1.54) is 16.4 Å². The normalized spacial score (nSPS) is 14.7. The summed E-state index contributed by atoms with van der Waals surface area (Å²) >= 11 is 12.3. The summed E-state index contributed by atoms with van der Waals surface area (Å²) in [4.78, 5) is 15.8. The molecule has 3 aromatic rings. The van der Waals surface area contributed by atoms with E-state index in [4.69, 9.17) is 23.2 Å². The first-order chi connectivity index (χ1) is 17.8. The van der Waals surface area contributed by atoms with Crippen LogP contribution in [0.15, 0.2) is 71.8 Å². The average molecular weight is 563 g/mol. The fraction of sp³-hybridized carbons (Fsp3) is 0.393. The first-order valence-electron chi connectivity index (χ1n) is 12.7. The summed E-state index contributed by atoms with van der Waals surface area (Å²) in [5, 5.41) is 1.16. The molecule has 1 aliphatic carbocycles. The van der Waals surface area contributed by atoms with Gasteiger partial charge in [0.15, 0.2) is 0 Å². The van der Waals surface area contributed by atoms with Crippen LogP contribution in [-0.4, -0.2) is 47.2 Å². The van der Waals surface area contributed by atoms with Crippen molar-refractivity contribution in [2.45, 2.75) is 63.1 Å². The Bertz CT molecular complexity index is 1300. The van der Waals surface area contributed by atoms with E-state index in [-0.39, 0.29) is 29.9 Å². The van der Waals surface area contributed by atoms with Crippen molar-refractivity contribution in [1.82, 2.24) is 13.8 Å². The Balaban J connectivity index is 1.56. The average Bonchev–Trinajstić information content (AvgIpc) is 3.34. The maximum Gasteiger partial charge on any atom is 0.243 e. The van der Waals surface area contributed by atoms with Crippen LogP contribution in [0.2, 0.25) is 10.0 Å². The number of nitrogens with zero attached hydrogens (tertiary/aromatic N) is 3. The summed E-state index contributed by atoms with van der Waals surface area (Å²) in [6.45, 7) is 2.75. The number of halogens is 2. The van der Waals surface area contributed by atoms with Crippen molar-refractivity contribution >= 4 is 39.1 Å². The Labute approximate surface area is 229 Å². The highest BCUT2D eigenvalue weighted by Crippen LogP contribution is 2.26. The highest BCUT2D eigenvalue weighted by atomic mass is 35.5. The van der Waals surface area contributed by atoms with Gasteiger partial charge < -0.3 is 9.47 Å². The zero-order valence-electron chi connectivity index (χ0n) is 21.0. The molecule has 9 heteroatoms. The van der Waals surface area contributed by atoms with Crippen LogP contribution in [0.5, 0.6) is 0 Å². The van der Waals surface area contributed by atoms with Gasteiger partial charge in [0.25, 0.3) is 0 Å². The lowest BCUT2D eigenvalue weighted by Gasteiger charge is -2.36. The van der Waals surface area contributed by atoms with Crippen LogP contribution in [0, 0.1) is 0 Å². The molecule has 37 heavy (non-hydrogen) atoms. The molecule has 2 aromatic carbocycles. The SMILES string of the molecule is CCN(CC(=O)N(Cc1cccn1Cc1ccccc1Cl)C1CCCCC1)S(=O)(=O)c1ccc(Cl)cc1. The molecule has 0 unspecified atom stereocenters. The van der Waals surface area contributed by atoms with Gasteiger partial charge in [-0.1, -0.05) is 67.6 Å². The molecule has 1 heterocycles. The number of amides is 1. The lowest BCUT2D eigenvalue weighted by atomic mass is 9.94. The van der Waals surface area contributed by atoms with E-state index in [2.05, 4.69) is 4.57 Å². The second kappa shape index (κ2) is 12.5. The van der Waals surface area contributed by atoms with E-state index in [0.717, 1.165) is 43.4 Å². The lowest BCUT2D eigenvalue weighted by molar-refractivity contribution is -0.135. The van der Waals surface area contributed by atoms with Crippen molar-refractivity contribution in [1.29, 1.82) is 0 Å². The van der Waals surface area contributed by atoms with Crippen molar-refractivity contribution in [2.75, 3.05) is 13.1 Å². The minimum Gasteiger partial charge on any atom is -0.345 e. The quantitative estimate of drug-likeness (QED) is 0.295. The molecule has 0 N–H and O–H groups in total. The van der Waals surface area contributed by atoms with Crippen LogP contribution in [0.4, 0.5) is 0 Å². The monoisotopic (exact) mass is 561 g/mol. The third kappa shape index (κ3) is 6.77. The molecule has 1 aliphatic rings. The van der Waals surface area contributed by atoms with Crippen LogP contribution in [0.3, 0.4) is 0 Å². The van der Waals surface area contributed by atoms with Crippen LogP contribution in [-0.2, 0) is 27.9 Å². The standard InChI is InChI=1S/C28H33Cl2N3O3S/c1-2-32(37(35,36)26-16-14-23(29)15-17-26)21-28(34)33(24-10-4-3-5-11-24)20-25-12-8-18-31(25)19-22-9-6-7-13-27(22)30/h6-9,12-18,24H,2-5,10-11,19-21H2,1H3. The second-order valence-corrected chi connectivity index (χ2v) is 12.2. The topological polar surface area (TPSA) is 62.6 Å². The summed E-state index contributed by atoms with van der Waals surface area (Å²) < 4.78 is 30.0. The smallest absolute Gasteiger partial charge is 0.243 e. The highest BCUT2D eigenvalue weighted by molar-refractivity contribution is 7.89. The Morgan fingerprint density at radius 1 is 0.973 bits per heavy atom. The van der Waals surface area contributed by atoms with E-state index >= 15 is 0 Å². The Morgan fingerprint density at radius 2 is 1.68 bits per heavy atom. The summed E-state index contributed by atoms with van der Waals surface area (Å²) in [5.41, 5.74) is 1.99. The minimum absolute atomic E-state index is 0.0851. The summed E-state index contributed by atoms with van der Waals surface area (Å²) in [6.07, 6.45) is 7.13. The van der Waals surface area contributed by atoms with Crippen molar-refractivity contribution in [2.24, 2.45) is 0 Å². The van der Waals surface area contributed by atoms with Crippen molar-refractivity contribution in [3.05, 3.63) is 88.2 Å². The molecule has 1 aromatic heterocycles. The van der Waals surface area contributed by atoms with E-state index in [1.54, 1.807) is 19.1 Å². The van der Waals surface area contributed by atoms with Gasteiger partial charge in [-0.05, 0) is 60.9 Å². The zero-order valence-corrected chi connectivity index (χ0v) is 23.4. The van der Waals surface area contributed by atoms with Gasteiger partial charge in [0.2, 0.25) is 15.9 Å². The molecule has 1 amide bonds. The van der Waals surface area contributed by atoms with Crippen LogP contribution in [0.25, 0.3) is 0 Å².